The van der Waals surface area contributed by atoms with E-state index in [1.165, 1.54) is 0 Å². The van der Waals surface area contributed by atoms with E-state index in [0.29, 0.717) is 5.88 Å². The molecular formula is C10H14ClNO. The lowest BCUT2D eigenvalue weighted by Crippen LogP contribution is -2.16. The largest absolute Gasteiger partial charge is 0.496 e. The average Bonchev–Trinajstić information content (AvgIpc) is 2.19. The number of nitrogens with one attached hydrogen (secondary N) is 1. The molecule has 1 N–H and O–H groups in total. The Labute approximate surface area is 83.9 Å². The summed E-state index contributed by atoms with van der Waals surface area (Å²) in [5.41, 5.74) is 1.16. The summed E-state index contributed by atoms with van der Waals surface area (Å²) in [5.74, 6) is 1.55. The van der Waals surface area contributed by atoms with Crippen molar-refractivity contribution < 1.29 is 4.74 Å². The topological polar surface area (TPSA) is 21.3 Å². The maximum Gasteiger partial charge on any atom is 0.123 e. The van der Waals surface area contributed by atoms with Crippen LogP contribution in [0.5, 0.6) is 5.75 Å². The zero-order valence-electron chi connectivity index (χ0n) is 7.72. The van der Waals surface area contributed by atoms with Gasteiger partial charge in [-0.3, -0.25) is 0 Å². The molecule has 0 fully saturated rings. The number of benzene rings is 1. The van der Waals surface area contributed by atoms with Crippen LogP contribution in [0.15, 0.2) is 24.3 Å². The van der Waals surface area contributed by atoms with Crippen molar-refractivity contribution in [2.24, 2.45) is 0 Å². The first-order valence-corrected chi connectivity index (χ1v) is 4.80. The number of hydrogen-bond acceptors (Lipinski definition) is 2. The predicted octanol–water partition coefficient (Wildman–Crippen LogP) is 2.02. The molecule has 0 atom stereocenters. The first-order chi connectivity index (χ1) is 6.38. The fourth-order valence-electron chi connectivity index (χ4n) is 1.14. The number of rotatable bonds is 5. The molecule has 0 saturated heterocycles. The summed E-state index contributed by atoms with van der Waals surface area (Å²) in [4.78, 5) is 0. The molecule has 3 heteroatoms. The fourth-order valence-corrected chi connectivity index (χ4v) is 1.27. The minimum Gasteiger partial charge on any atom is -0.496 e. The van der Waals surface area contributed by atoms with Crippen molar-refractivity contribution in [2.45, 2.75) is 6.54 Å². The Hall–Kier alpha value is -0.730. The standard InChI is InChI=1S/C10H14ClNO/c1-13-10-5-3-2-4-9(10)8-12-7-6-11/h2-5,12H,6-8H2,1H3. The minimum atomic E-state index is 0.634. The lowest BCUT2D eigenvalue weighted by atomic mass is 10.2. The maximum absolute atomic E-state index is 5.55. The Balaban J connectivity index is 2.54. The van der Waals surface area contributed by atoms with Crippen LogP contribution in [0.25, 0.3) is 0 Å². The van der Waals surface area contributed by atoms with Crippen molar-refractivity contribution in [1.82, 2.24) is 5.32 Å². The highest BCUT2D eigenvalue weighted by Gasteiger charge is 1.99. The van der Waals surface area contributed by atoms with Gasteiger partial charge in [0, 0.05) is 24.5 Å². The van der Waals surface area contributed by atoms with E-state index in [1.54, 1.807) is 7.11 Å². The van der Waals surface area contributed by atoms with Gasteiger partial charge in [0.1, 0.15) is 5.75 Å². The van der Waals surface area contributed by atoms with Crippen LogP contribution in [0.4, 0.5) is 0 Å². The summed E-state index contributed by atoms with van der Waals surface area (Å²) in [7, 11) is 1.68. The molecule has 1 aromatic rings. The summed E-state index contributed by atoms with van der Waals surface area (Å²) in [6.07, 6.45) is 0. The van der Waals surface area contributed by atoms with Gasteiger partial charge in [-0.1, -0.05) is 18.2 Å². The lowest BCUT2D eigenvalue weighted by Gasteiger charge is -2.07. The van der Waals surface area contributed by atoms with Gasteiger partial charge in [0.15, 0.2) is 0 Å². The smallest absolute Gasteiger partial charge is 0.123 e. The van der Waals surface area contributed by atoms with E-state index in [1.807, 2.05) is 24.3 Å². The Morgan fingerprint density at radius 3 is 2.85 bits per heavy atom. The van der Waals surface area contributed by atoms with Crippen molar-refractivity contribution in [3.8, 4) is 5.75 Å². The molecule has 0 saturated carbocycles. The molecule has 13 heavy (non-hydrogen) atoms. The quantitative estimate of drug-likeness (QED) is 0.579. The van der Waals surface area contributed by atoms with E-state index >= 15 is 0 Å². The van der Waals surface area contributed by atoms with Gasteiger partial charge in [-0.05, 0) is 6.07 Å². The van der Waals surface area contributed by atoms with Crippen LogP contribution in [0.2, 0.25) is 0 Å². The van der Waals surface area contributed by atoms with E-state index in [2.05, 4.69) is 5.32 Å². The first-order valence-electron chi connectivity index (χ1n) is 4.27. The van der Waals surface area contributed by atoms with Gasteiger partial charge in [-0.25, -0.2) is 0 Å². The van der Waals surface area contributed by atoms with Gasteiger partial charge in [-0.2, -0.15) is 0 Å². The molecule has 0 aliphatic carbocycles. The average molecular weight is 200 g/mol. The van der Waals surface area contributed by atoms with Crippen molar-refractivity contribution in [3.63, 3.8) is 0 Å². The second-order valence-electron chi connectivity index (χ2n) is 2.68. The highest BCUT2D eigenvalue weighted by Crippen LogP contribution is 2.16. The molecule has 0 aliphatic heterocycles. The highest BCUT2D eigenvalue weighted by molar-refractivity contribution is 6.18. The molecule has 1 rings (SSSR count). The fraction of sp³-hybridized carbons (Fsp3) is 0.400. The van der Waals surface area contributed by atoms with Gasteiger partial charge in [0.2, 0.25) is 0 Å². The summed E-state index contributed by atoms with van der Waals surface area (Å²) in [6.45, 7) is 1.62. The number of ether oxygens (including phenoxy) is 1. The highest BCUT2D eigenvalue weighted by atomic mass is 35.5. The third-order valence-corrected chi connectivity index (χ3v) is 1.97. The van der Waals surface area contributed by atoms with Crippen LogP contribution in [-0.2, 0) is 6.54 Å². The molecule has 0 bridgehead atoms. The molecule has 0 unspecified atom stereocenters. The third-order valence-electron chi connectivity index (χ3n) is 1.78. The molecular weight excluding hydrogens is 186 g/mol. The molecule has 2 nitrogen and oxygen atoms in total. The minimum absolute atomic E-state index is 0.634. The second-order valence-corrected chi connectivity index (χ2v) is 3.06. The van der Waals surface area contributed by atoms with Gasteiger partial charge in [-0.15, -0.1) is 11.6 Å². The van der Waals surface area contributed by atoms with E-state index in [4.69, 9.17) is 16.3 Å². The van der Waals surface area contributed by atoms with E-state index in [-0.39, 0.29) is 0 Å². The zero-order valence-corrected chi connectivity index (χ0v) is 8.47. The molecule has 0 spiro atoms. The van der Waals surface area contributed by atoms with Crippen molar-refractivity contribution >= 4 is 11.6 Å². The van der Waals surface area contributed by atoms with Crippen LogP contribution >= 0.6 is 11.6 Å². The summed E-state index contributed by atoms with van der Waals surface area (Å²) in [5, 5.41) is 3.21. The molecule has 0 radical (unpaired) electrons. The molecule has 0 heterocycles. The van der Waals surface area contributed by atoms with Gasteiger partial charge in [0.05, 0.1) is 7.11 Å². The summed E-state index contributed by atoms with van der Waals surface area (Å²) >= 11 is 5.55. The van der Waals surface area contributed by atoms with Crippen LogP contribution < -0.4 is 10.1 Å². The van der Waals surface area contributed by atoms with Crippen molar-refractivity contribution in [2.75, 3.05) is 19.5 Å². The van der Waals surface area contributed by atoms with Gasteiger partial charge >= 0.3 is 0 Å². The zero-order chi connectivity index (χ0) is 9.52. The van der Waals surface area contributed by atoms with E-state index in [9.17, 15) is 0 Å². The maximum atomic E-state index is 5.55. The second kappa shape index (κ2) is 5.84. The molecule has 0 aromatic heterocycles. The number of methoxy groups -OCH3 is 1. The van der Waals surface area contributed by atoms with Crippen LogP contribution in [0.1, 0.15) is 5.56 Å². The Bertz CT molecular complexity index is 252. The summed E-state index contributed by atoms with van der Waals surface area (Å²) < 4.78 is 5.20. The number of alkyl halides is 1. The normalized spacial score (nSPS) is 10.0. The Morgan fingerprint density at radius 1 is 1.38 bits per heavy atom. The number of hydrogen-bond donors (Lipinski definition) is 1. The van der Waals surface area contributed by atoms with Gasteiger partial charge < -0.3 is 10.1 Å². The monoisotopic (exact) mass is 199 g/mol. The predicted molar refractivity (Wildman–Crippen MR) is 55.4 cm³/mol. The number of para-hydroxylation sites is 1. The summed E-state index contributed by atoms with van der Waals surface area (Å²) in [6, 6.07) is 7.96. The molecule has 0 amide bonds. The first kappa shape index (κ1) is 10.4. The van der Waals surface area contributed by atoms with Gasteiger partial charge in [0.25, 0.3) is 0 Å². The molecule has 0 aliphatic rings. The molecule has 1 aromatic carbocycles. The Morgan fingerprint density at radius 2 is 2.15 bits per heavy atom. The Kier molecular flexibility index (Phi) is 4.65. The molecule has 72 valence electrons. The van der Waals surface area contributed by atoms with E-state index in [0.717, 1.165) is 24.4 Å². The SMILES string of the molecule is COc1ccccc1CNCCCl. The van der Waals surface area contributed by atoms with E-state index < -0.39 is 0 Å². The third kappa shape index (κ3) is 3.25. The van der Waals surface area contributed by atoms with Crippen molar-refractivity contribution in [1.29, 1.82) is 0 Å². The van der Waals surface area contributed by atoms with Crippen LogP contribution in [-0.4, -0.2) is 19.5 Å². The van der Waals surface area contributed by atoms with Crippen molar-refractivity contribution in [3.05, 3.63) is 29.8 Å². The number of halogens is 1. The van der Waals surface area contributed by atoms with Crippen LogP contribution in [0.3, 0.4) is 0 Å². The lowest BCUT2D eigenvalue weighted by molar-refractivity contribution is 0.408. The van der Waals surface area contributed by atoms with Crippen LogP contribution in [0, 0.1) is 0 Å².